The van der Waals surface area contributed by atoms with Crippen molar-refractivity contribution in [2.24, 2.45) is 23.1 Å². The molecule has 2 heterocycles. The van der Waals surface area contributed by atoms with Crippen molar-refractivity contribution in [1.29, 1.82) is 0 Å². The second-order valence-electron chi connectivity index (χ2n) is 15.3. The van der Waals surface area contributed by atoms with Crippen molar-refractivity contribution in [1.82, 2.24) is 25.8 Å². The summed E-state index contributed by atoms with van der Waals surface area (Å²) in [6.07, 6.45) is 6.45. The standard InChI is InChI=1S/C41H62N8O5/c1-28(2)22-35(47-40(53)36(24-30-16-8-4-9-17-30)46-38(51)33(44)23-29-14-6-3-7-15-29)39(52)45-34(18-11-13-21-43)41(54)49-31-25-32(49)27-48(26-31)37(50)19-10-5-12-20-42/h3-4,6-9,14-17,28,31-36H,5,10-13,18-27,42-44H2,1-2H3,(H,45,52)(H,46,51)(H,47,53). The van der Waals surface area contributed by atoms with Crippen molar-refractivity contribution in [3.8, 4) is 0 Å². The van der Waals surface area contributed by atoms with Gasteiger partial charge in [0.1, 0.15) is 18.1 Å². The van der Waals surface area contributed by atoms with Gasteiger partial charge in [0.2, 0.25) is 29.5 Å². The van der Waals surface area contributed by atoms with E-state index < -0.39 is 41.9 Å². The van der Waals surface area contributed by atoms with E-state index in [-0.39, 0.29) is 36.2 Å². The number of likely N-dealkylation sites (tertiary alicyclic amines) is 2. The molecule has 13 nitrogen and oxygen atoms in total. The van der Waals surface area contributed by atoms with E-state index in [1.165, 1.54) is 0 Å². The number of carbonyl (C=O) groups is 5. The number of piperazine rings is 1. The summed E-state index contributed by atoms with van der Waals surface area (Å²) in [5.41, 5.74) is 19.4. The largest absolute Gasteiger partial charge is 0.343 e. The number of hydrogen-bond acceptors (Lipinski definition) is 8. The van der Waals surface area contributed by atoms with E-state index in [9.17, 15) is 24.0 Å². The smallest absolute Gasteiger partial charge is 0.245 e. The Morgan fingerprint density at radius 1 is 0.685 bits per heavy atom. The highest BCUT2D eigenvalue weighted by atomic mass is 16.2. The molecular formula is C41H62N8O5. The molecule has 2 bridgehead atoms. The molecule has 5 amide bonds. The fourth-order valence-corrected chi connectivity index (χ4v) is 7.40. The molecule has 2 aliphatic rings. The summed E-state index contributed by atoms with van der Waals surface area (Å²) in [6.45, 7) is 5.95. The predicted octanol–water partition coefficient (Wildman–Crippen LogP) is 1.76. The third-order valence-electron chi connectivity index (χ3n) is 10.3. The molecule has 2 aromatic carbocycles. The molecule has 0 aromatic heterocycles. The van der Waals surface area contributed by atoms with Crippen molar-refractivity contribution in [3.63, 3.8) is 0 Å². The number of fused-ring (bicyclic) bond motifs is 2. The van der Waals surface area contributed by atoms with Crippen molar-refractivity contribution >= 4 is 29.5 Å². The Morgan fingerprint density at radius 3 is 1.81 bits per heavy atom. The lowest BCUT2D eigenvalue weighted by Crippen LogP contribution is -2.73. The van der Waals surface area contributed by atoms with Gasteiger partial charge in [-0.15, -0.1) is 0 Å². The molecule has 0 radical (unpaired) electrons. The van der Waals surface area contributed by atoms with Gasteiger partial charge >= 0.3 is 0 Å². The van der Waals surface area contributed by atoms with Crippen molar-refractivity contribution in [2.45, 2.75) is 121 Å². The molecule has 2 aromatic rings. The number of nitrogens with two attached hydrogens (primary N) is 3. The van der Waals surface area contributed by atoms with Crippen LogP contribution < -0.4 is 33.2 Å². The van der Waals surface area contributed by atoms with E-state index in [4.69, 9.17) is 17.2 Å². The summed E-state index contributed by atoms with van der Waals surface area (Å²) in [5, 5.41) is 8.75. The molecule has 296 valence electrons. The van der Waals surface area contributed by atoms with Gasteiger partial charge in [-0.3, -0.25) is 24.0 Å². The van der Waals surface area contributed by atoms with Gasteiger partial charge in [0.25, 0.3) is 0 Å². The summed E-state index contributed by atoms with van der Waals surface area (Å²) in [7, 11) is 0. The third-order valence-corrected chi connectivity index (χ3v) is 10.3. The molecule has 4 rings (SSSR count). The Morgan fingerprint density at radius 2 is 1.22 bits per heavy atom. The van der Waals surface area contributed by atoms with Crippen LogP contribution in [0.3, 0.4) is 0 Å². The maximum Gasteiger partial charge on any atom is 0.245 e. The van der Waals surface area contributed by atoms with Crippen LogP contribution in [0.2, 0.25) is 0 Å². The highest BCUT2D eigenvalue weighted by Gasteiger charge is 2.49. The lowest BCUT2D eigenvalue weighted by molar-refractivity contribution is -0.163. The Balaban J connectivity index is 1.44. The number of amides is 5. The van der Waals surface area contributed by atoms with Gasteiger partial charge in [0.15, 0.2) is 0 Å². The summed E-state index contributed by atoms with van der Waals surface area (Å²) in [5.74, 6) is -1.49. The number of nitrogens with zero attached hydrogens (tertiary/aromatic N) is 2. The highest BCUT2D eigenvalue weighted by molar-refractivity contribution is 5.95. The van der Waals surface area contributed by atoms with Crippen LogP contribution in [-0.4, -0.2) is 102 Å². The molecule has 54 heavy (non-hydrogen) atoms. The Bertz CT molecular complexity index is 1500. The number of nitrogens with one attached hydrogen (secondary N) is 3. The van der Waals surface area contributed by atoms with Crippen LogP contribution in [0.5, 0.6) is 0 Å². The van der Waals surface area contributed by atoms with Crippen LogP contribution in [-0.2, 0) is 36.8 Å². The van der Waals surface area contributed by atoms with Gasteiger partial charge in [-0.25, -0.2) is 0 Å². The number of carbonyl (C=O) groups excluding carboxylic acids is 5. The van der Waals surface area contributed by atoms with Crippen molar-refractivity contribution in [2.75, 3.05) is 26.2 Å². The third kappa shape index (κ3) is 12.6. The fourth-order valence-electron chi connectivity index (χ4n) is 7.40. The van der Waals surface area contributed by atoms with Crippen molar-refractivity contribution in [3.05, 3.63) is 71.8 Å². The van der Waals surface area contributed by atoms with E-state index in [1.807, 2.05) is 84.3 Å². The van der Waals surface area contributed by atoms with Gasteiger partial charge < -0.3 is 43.0 Å². The zero-order chi connectivity index (χ0) is 39.0. The van der Waals surface area contributed by atoms with Gasteiger partial charge in [-0.05, 0) is 81.5 Å². The first-order valence-electron chi connectivity index (χ1n) is 19.7. The maximum absolute atomic E-state index is 14.1. The van der Waals surface area contributed by atoms with E-state index in [1.54, 1.807) is 0 Å². The maximum atomic E-state index is 14.1. The molecule has 2 fully saturated rings. The zero-order valence-electron chi connectivity index (χ0n) is 32.1. The van der Waals surface area contributed by atoms with Crippen LogP contribution in [0.25, 0.3) is 0 Å². The lowest BCUT2D eigenvalue weighted by atomic mass is 9.85. The van der Waals surface area contributed by atoms with Gasteiger partial charge in [-0.1, -0.05) is 80.9 Å². The quantitative estimate of drug-likeness (QED) is 0.0978. The molecule has 13 heteroatoms. The molecule has 0 aliphatic carbocycles. The molecule has 0 saturated carbocycles. The highest BCUT2D eigenvalue weighted by Crippen LogP contribution is 2.34. The van der Waals surface area contributed by atoms with Gasteiger partial charge in [0, 0.05) is 25.9 Å². The first-order chi connectivity index (χ1) is 26.0. The second-order valence-corrected chi connectivity index (χ2v) is 15.3. The van der Waals surface area contributed by atoms with Gasteiger partial charge in [0.05, 0.1) is 18.1 Å². The second kappa shape index (κ2) is 21.5. The van der Waals surface area contributed by atoms with Gasteiger partial charge in [-0.2, -0.15) is 0 Å². The minimum absolute atomic E-state index is 0.0301. The summed E-state index contributed by atoms with van der Waals surface area (Å²) < 4.78 is 0. The van der Waals surface area contributed by atoms with Crippen LogP contribution in [0.4, 0.5) is 0 Å². The number of unbranched alkanes of at least 4 members (excludes halogenated alkanes) is 3. The van der Waals surface area contributed by atoms with E-state index in [0.717, 1.165) is 36.8 Å². The van der Waals surface area contributed by atoms with E-state index in [0.29, 0.717) is 64.7 Å². The number of benzene rings is 2. The topological polar surface area (TPSA) is 206 Å². The molecule has 0 spiro atoms. The Labute approximate surface area is 320 Å². The first-order valence-corrected chi connectivity index (χ1v) is 19.7. The minimum atomic E-state index is -1.00. The minimum Gasteiger partial charge on any atom is -0.343 e. The molecule has 9 N–H and O–H groups in total. The summed E-state index contributed by atoms with van der Waals surface area (Å²) in [6, 6.07) is 14.9. The van der Waals surface area contributed by atoms with Crippen LogP contribution in [0.15, 0.2) is 60.7 Å². The average molecular weight is 747 g/mol. The number of piperidine rings is 1. The molecule has 6 atom stereocenters. The predicted molar refractivity (Wildman–Crippen MR) is 210 cm³/mol. The SMILES string of the molecule is CC(C)CC(NC(=O)C(Cc1ccccc1)NC(=O)C(N)Cc1ccccc1)C(=O)NC(CCCCN)C(=O)N1C2CC1CN(C(=O)CCCCCN)C2. The van der Waals surface area contributed by atoms with Crippen molar-refractivity contribution < 1.29 is 24.0 Å². The molecule has 6 unspecified atom stereocenters. The average Bonchev–Trinajstić information content (AvgIpc) is 3.16. The number of rotatable bonds is 22. The first kappa shape index (κ1) is 42.4. The molecule has 2 aliphatic heterocycles. The summed E-state index contributed by atoms with van der Waals surface area (Å²) >= 11 is 0. The summed E-state index contributed by atoms with van der Waals surface area (Å²) in [4.78, 5) is 72.1. The fraction of sp³-hybridized carbons (Fsp3) is 0.585. The Hall–Kier alpha value is -4.33. The van der Waals surface area contributed by atoms with Crippen LogP contribution in [0, 0.1) is 5.92 Å². The monoisotopic (exact) mass is 746 g/mol. The molecular weight excluding hydrogens is 685 g/mol. The number of hydrogen-bond donors (Lipinski definition) is 6. The molecule has 2 saturated heterocycles. The van der Waals surface area contributed by atoms with Crippen LogP contribution >= 0.6 is 0 Å². The lowest BCUT2D eigenvalue weighted by Gasteiger charge is -2.57. The zero-order valence-corrected chi connectivity index (χ0v) is 32.1. The van der Waals surface area contributed by atoms with E-state index in [2.05, 4.69) is 16.0 Å². The van der Waals surface area contributed by atoms with E-state index >= 15 is 0 Å². The normalized spacial score (nSPS) is 18.6. The Kier molecular flexibility index (Phi) is 16.9. The van der Waals surface area contributed by atoms with Crippen LogP contribution in [0.1, 0.15) is 82.8 Å².